The van der Waals surface area contributed by atoms with Crippen LogP contribution in [0.1, 0.15) is 70.2 Å². The van der Waals surface area contributed by atoms with Gasteiger partial charge in [0.2, 0.25) is 5.89 Å². The second-order valence-electron chi connectivity index (χ2n) is 7.10. The van der Waals surface area contributed by atoms with Crippen molar-refractivity contribution in [2.45, 2.75) is 71.1 Å². The van der Waals surface area contributed by atoms with Gasteiger partial charge in [-0.05, 0) is 45.4 Å². The number of ether oxygens (including phenoxy) is 2. The Morgan fingerprint density at radius 1 is 1.21 bits per heavy atom. The van der Waals surface area contributed by atoms with E-state index in [2.05, 4.69) is 15.0 Å². The lowest BCUT2D eigenvalue weighted by molar-refractivity contribution is -0.0110. The Labute approximate surface area is 144 Å². The van der Waals surface area contributed by atoms with Gasteiger partial charge in [0.25, 0.3) is 0 Å². The van der Waals surface area contributed by atoms with Crippen molar-refractivity contribution in [3.8, 4) is 0 Å². The molecule has 0 aromatic carbocycles. The lowest BCUT2D eigenvalue weighted by Gasteiger charge is -2.31. The van der Waals surface area contributed by atoms with E-state index < -0.39 is 0 Å². The zero-order valence-electron chi connectivity index (χ0n) is 15.1. The summed E-state index contributed by atoms with van der Waals surface area (Å²) in [6.45, 7) is 8.33. The largest absolute Gasteiger partial charge is 0.378 e. The Bertz CT molecular complexity index is 480. The normalized spacial score (nSPS) is 22.2. The van der Waals surface area contributed by atoms with Crippen molar-refractivity contribution in [3.05, 3.63) is 11.7 Å². The first-order chi connectivity index (χ1) is 11.7. The Morgan fingerprint density at radius 2 is 1.96 bits per heavy atom. The average molecular weight is 337 g/mol. The SMILES string of the molecule is CCOC(C)c1noc(CN2CCC(OCC3CCCC3)CC2)n1. The summed E-state index contributed by atoms with van der Waals surface area (Å²) in [5, 5.41) is 4.03. The summed E-state index contributed by atoms with van der Waals surface area (Å²) in [6.07, 6.45) is 8.02. The smallest absolute Gasteiger partial charge is 0.240 e. The van der Waals surface area contributed by atoms with Gasteiger partial charge in [-0.3, -0.25) is 4.90 Å². The van der Waals surface area contributed by atoms with Crippen molar-refractivity contribution in [1.29, 1.82) is 0 Å². The summed E-state index contributed by atoms with van der Waals surface area (Å²) < 4.78 is 17.0. The third kappa shape index (κ3) is 5.01. The van der Waals surface area contributed by atoms with E-state index in [1.165, 1.54) is 25.7 Å². The molecule has 1 saturated heterocycles. The highest BCUT2D eigenvalue weighted by Crippen LogP contribution is 2.26. The molecule has 1 aromatic rings. The fraction of sp³-hybridized carbons (Fsp3) is 0.889. The predicted octanol–water partition coefficient (Wildman–Crippen LogP) is 3.34. The number of hydrogen-bond acceptors (Lipinski definition) is 6. The summed E-state index contributed by atoms with van der Waals surface area (Å²) in [4.78, 5) is 6.83. The molecule has 2 heterocycles. The number of piperidine rings is 1. The molecular formula is C18H31N3O3. The average Bonchev–Trinajstić information content (AvgIpc) is 3.26. The van der Waals surface area contributed by atoms with E-state index in [0.29, 0.717) is 24.4 Å². The Morgan fingerprint density at radius 3 is 2.67 bits per heavy atom. The van der Waals surface area contributed by atoms with Crippen molar-refractivity contribution in [3.63, 3.8) is 0 Å². The molecule has 1 atom stereocenters. The van der Waals surface area contributed by atoms with Crippen LogP contribution in [0, 0.1) is 5.92 Å². The van der Waals surface area contributed by atoms with Crippen molar-refractivity contribution >= 4 is 0 Å². The molecule has 2 fully saturated rings. The molecule has 2 aliphatic rings. The van der Waals surface area contributed by atoms with E-state index in [9.17, 15) is 0 Å². The molecule has 136 valence electrons. The van der Waals surface area contributed by atoms with E-state index in [4.69, 9.17) is 14.0 Å². The maximum atomic E-state index is 6.13. The molecule has 1 aromatic heterocycles. The van der Waals surface area contributed by atoms with Gasteiger partial charge in [0, 0.05) is 26.3 Å². The number of hydrogen-bond donors (Lipinski definition) is 0. The first-order valence-corrected chi connectivity index (χ1v) is 9.52. The first-order valence-electron chi connectivity index (χ1n) is 9.52. The van der Waals surface area contributed by atoms with E-state index in [1.807, 2.05) is 13.8 Å². The van der Waals surface area contributed by atoms with Gasteiger partial charge in [-0.2, -0.15) is 4.98 Å². The highest BCUT2D eigenvalue weighted by Gasteiger charge is 2.24. The van der Waals surface area contributed by atoms with Crippen LogP contribution < -0.4 is 0 Å². The Balaban J connectivity index is 1.37. The van der Waals surface area contributed by atoms with Crippen molar-refractivity contribution in [2.75, 3.05) is 26.3 Å². The molecule has 6 heteroatoms. The van der Waals surface area contributed by atoms with E-state index in [0.717, 1.165) is 45.0 Å². The lowest BCUT2D eigenvalue weighted by Crippen LogP contribution is -2.37. The summed E-state index contributed by atoms with van der Waals surface area (Å²) in [5.74, 6) is 2.13. The van der Waals surface area contributed by atoms with E-state index >= 15 is 0 Å². The van der Waals surface area contributed by atoms with Gasteiger partial charge in [-0.1, -0.05) is 18.0 Å². The highest BCUT2D eigenvalue weighted by atomic mass is 16.5. The molecule has 0 amide bonds. The molecule has 1 saturated carbocycles. The fourth-order valence-corrected chi connectivity index (χ4v) is 3.70. The van der Waals surface area contributed by atoms with Gasteiger partial charge in [0.05, 0.1) is 12.6 Å². The summed E-state index contributed by atoms with van der Waals surface area (Å²) in [7, 11) is 0. The van der Waals surface area contributed by atoms with Crippen molar-refractivity contribution in [2.24, 2.45) is 5.92 Å². The van der Waals surface area contributed by atoms with Crippen molar-refractivity contribution < 1.29 is 14.0 Å². The van der Waals surface area contributed by atoms with Crippen LogP contribution >= 0.6 is 0 Å². The molecule has 0 bridgehead atoms. The van der Waals surface area contributed by atoms with Crippen LogP contribution in [0.4, 0.5) is 0 Å². The van der Waals surface area contributed by atoms with Gasteiger partial charge in [0.1, 0.15) is 6.10 Å². The van der Waals surface area contributed by atoms with Gasteiger partial charge in [-0.15, -0.1) is 0 Å². The first kappa shape index (κ1) is 17.8. The van der Waals surface area contributed by atoms with Gasteiger partial charge in [0.15, 0.2) is 5.82 Å². The van der Waals surface area contributed by atoms with Gasteiger partial charge >= 0.3 is 0 Å². The summed E-state index contributed by atoms with van der Waals surface area (Å²) in [6, 6.07) is 0. The standard InChI is InChI=1S/C18H31N3O3/c1-3-22-14(2)18-19-17(24-20-18)12-21-10-8-16(9-11-21)23-13-15-6-4-5-7-15/h14-16H,3-13H2,1-2H3. The number of rotatable bonds is 8. The van der Waals surface area contributed by atoms with Crippen LogP contribution in [0.5, 0.6) is 0 Å². The Kier molecular flexibility index (Phi) is 6.63. The topological polar surface area (TPSA) is 60.6 Å². The molecule has 1 aliphatic carbocycles. The Hall–Kier alpha value is -0.980. The number of aromatic nitrogens is 2. The summed E-state index contributed by atoms with van der Waals surface area (Å²) in [5.41, 5.74) is 0. The molecule has 3 rings (SSSR count). The zero-order chi connectivity index (χ0) is 16.8. The summed E-state index contributed by atoms with van der Waals surface area (Å²) >= 11 is 0. The lowest BCUT2D eigenvalue weighted by atomic mass is 10.1. The van der Waals surface area contributed by atoms with Crippen LogP contribution in [0.25, 0.3) is 0 Å². The monoisotopic (exact) mass is 337 g/mol. The fourth-order valence-electron chi connectivity index (χ4n) is 3.70. The third-order valence-corrected chi connectivity index (χ3v) is 5.20. The van der Waals surface area contributed by atoms with Crippen molar-refractivity contribution in [1.82, 2.24) is 15.0 Å². The minimum atomic E-state index is -0.109. The maximum Gasteiger partial charge on any atom is 0.240 e. The van der Waals surface area contributed by atoms with E-state index in [1.54, 1.807) is 0 Å². The zero-order valence-corrected chi connectivity index (χ0v) is 15.1. The van der Waals surface area contributed by atoms with Gasteiger partial charge in [-0.25, -0.2) is 0 Å². The van der Waals surface area contributed by atoms with Crippen LogP contribution in [-0.2, 0) is 16.0 Å². The maximum absolute atomic E-state index is 6.13. The van der Waals surface area contributed by atoms with Gasteiger partial charge < -0.3 is 14.0 Å². The molecule has 1 unspecified atom stereocenters. The number of nitrogens with zero attached hydrogens (tertiary/aromatic N) is 3. The predicted molar refractivity (Wildman–Crippen MR) is 90.5 cm³/mol. The second-order valence-corrected chi connectivity index (χ2v) is 7.10. The van der Waals surface area contributed by atoms with Crippen LogP contribution in [-0.4, -0.2) is 47.4 Å². The minimum absolute atomic E-state index is 0.109. The van der Waals surface area contributed by atoms with Crippen LogP contribution in [0.15, 0.2) is 4.52 Å². The highest BCUT2D eigenvalue weighted by molar-refractivity contribution is 4.90. The molecule has 6 nitrogen and oxygen atoms in total. The van der Waals surface area contributed by atoms with Crippen LogP contribution in [0.3, 0.4) is 0 Å². The molecule has 1 aliphatic heterocycles. The molecule has 0 N–H and O–H groups in total. The molecular weight excluding hydrogens is 306 g/mol. The minimum Gasteiger partial charge on any atom is -0.378 e. The molecule has 0 radical (unpaired) electrons. The van der Waals surface area contributed by atoms with E-state index in [-0.39, 0.29) is 6.10 Å². The second kappa shape index (κ2) is 8.92. The number of likely N-dealkylation sites (tertiary alicyclic amines) is 1. The molecule has 0 spiro atoms. The third-order valence-electron chi connectivity index (χ3n) is 5.20. The quantitative estimate of drug-likeness (QED) is 0.725. The molecule has 24 heavy (non-hydrogen) atoms. The van der Waals surface area contributed by atoms with Crippen LogP contribution in [0.2, 0.25) is 0 Å².